The minimum atomic E-state index is -1.17. The molecule has 0 radical (unpaired) electrons. The molecule has 0 spiro atoms. The molecule has 0 heterocycles. The van der Waals surface area contributed by atoms with Gasteiger partial charge in [-0.1, -0.05) is 30.3 Å². The molecule has 2 aromatic carbocycles. The van der Waals surface area contributed by atoms with Crippen molar-refractivity contribution in [3.05, 3.63) is 65.7 Å². The second kappa shape index (κ2) is 8.66. The topological polar surface area (TPSA) is 116 Å². The minimum absolute atomic E-state index is 0.0857. The fourth-order valence-corrected chi connectivity index (χ4v) is 2.28. The molecule has 2 aromatic rings. The molecule has 0 fully saturated rings. The Labute approximate surface area is 150 Å². The lowest BCUT2D eigenvalue weighted by Gasteiger charge is -2.20. The first-order valence-electron chi connectivity index (χ1n) is 8.04. The molecule has 2 amide bonds. The van der Waals surface area contributed by atoms with Gasteiger partial charge in [0.2, 0.25) is 5.91 Å². The van der Waals surface area contributed by atoms with Crippen molar-refractivity contribution in [3.8, 4) is 5.75 Å². The van der Waals surface area contributed by atoms with Crippen LogP contribution in [0, 0.1) is 0 Å². The zero-order valence-corrected chi connectivity index (χ0v) is 14.2. The van der Waals surface area contributed by atoms with E-state index in [4.69, 9.17) is 5.11 Å². The Kier molecular flexibility index (Phi) is 6.32. The summed E-state index contributed by atoms with van der Waals surface area (Å²) in [5.74, 6) is -2.12. The zero-order valence-electron chi connectivity index (χ0n) is 14.2. The van der Waals surface area contributed by atoms with Gasteiger partial charge in [0.25, 0.3) is 5.91 Å². The van der Waals surface area contributed by atoms with E-state index in [9.17, 15) is 19.5 Å². The molecule has 7 nitrogen and oxygen atoms in total. The van der Waals surface area contributed by atoms with Gasteiger partial charge >= 0.3 is 5.97 Å². The van der Waals surface area contributed by atoms with E-state index in [0.29, 0.717) is 11.1 Å². The van der Waals surface area contributed by atoms with Crippen LogP contribution in [0.15, 0.2) is 54.6 Å². The lowest BCUT2D eigenvalue weighted by molar-refractivity contribution is -0.141. The molecule has 0 aliphatic carbocycles. The highest BCUT2D eigenvalue weighted by molar-refractivity contribution is 5.98. The molecule has 7 heteroatoms. The first-order valence-corrected chi connectivity index (χ1v) is 8.04. The van der Waals surface area contributed by atoms with Gasteiger partial charge in [0.05, 0.1) is 0 Å². The number of rotatable bonds is 7. The predicted octanol–water partition coefficient (Wildman–Crippen LogP) is 1.32. The van der Waals surface area contributed by atoms with Crippen LogP contribution in [0.5, 0.6) is 5.75 Å². The fourth-order valence-electron chi connectivity index (χ4n) is 2.28. The highest BCUT2D eigenvalue weighted by Crippen LogP contribution is 2.12. The van der Waals surface area contributed by atoms with Crippen molar-refractivity contribution in [3.63, 3.8) is 0 Å². The molecule has 0 aromatic heterocycles. The molecule has 4 N–H and O–H groups in total. The summed E-state index contributed by atoms with van der Waals surface area (Å²) in [5.41, 5.74) is 1.10. The van der Waals surface area contributed by atoms with Gasteiger partial charge in [-0.3, -0.25) is 14.4 Å². The van der Waals surface area contributed by atoms with E-state index in [1.165, 1.54) is 19.1 Å². The first-order chi connectivity index (χ1) is 12.4. The van der Waals surface area contributed by atoms with Crippen LogP contribution in [0.3, 0.4) is 0 Å². The van der Waals surface area contributed by atoms with Crippen LogP contribution in [-0.2, 0) is 16.0 Å². The number of phenols is 1. The fraction of sp³-hybridized carbons (Fsp3) is 0.211. The van der Waals surface area contributed by atoms with E-state index in [-0.39, 0.29) is 12.2 Å². The number of carboxylic acid groups (broad SMARTS) is 1. The van der Waals surface area contributed by atoms with Gasteiger partial charge in [-0.05, 0) is 36.8 Å². The number of nitrogens with one attached hydrogen (secondary N) is 2. The van der Waals surface area contributed by atoms with Gasteiger partial charge in [0.1, 0.15) is 17.8 Å². The van der Waals surface area contributed by atoms with Gasteiger partial charge in [-0.25, -0.2) is 0 Å². The third-order valence-corrected chi connectivity index (χ3v) is 3.76. The summed E-state index contributed by atoms with van der Waals surface area (Å²) in [6, 6.07) is 12.6. The lowest BCUT2D eigenvalue weighted by Crippen LogP contribution is -2.51. The van der Waals surface area contributed by atoms with E-state index >= 15 is 0 Å². The van der Waals surface area contributed by atoms with Crippen molar-refractivity contribution in [2.24, 2.45) is 0 Å². The van der Waals surface area contributed by atoms with Gasteiger partial charge < -0.3 is 20.8 Å². The number of carboxylic acids is 1. The summed E-state index contributed by atoms with van der Waals surface area (Å²) in [4.78, 5) is 35.8. The van der Waals surface area contributed by atoms with Crippen molar-refractivity contribution in [2.45, 2.75) is 25.4 Å². The van der Waals surface area contributed by atoms with Crippen LogP contribution >= 0.6 is 0 Å². The molecule has 0 aliphatic rings. The van der Waals surface area contributed by atoms with E-state index in [1.54, 1.807) is 42.5 Å². The summed E-state index contributed by atoms with van der Waals surface area (Å²) < 4.78 is 0. The molecule has 0 saturated heterocycles. The number of amides is 2. The molecule has 0 aliphatic heterocycles. The first kappa shape index (κ1) is 19.0. The Morgan fingerprint density at radius 1 is 0.962 bits per heavy atom. The van der Waals surface area contributed by atoms with Crippen LogP contribution in [-0.4, -0.2) is 40.1 Å². The Bertz CT molecular complexity index is 774. The van der Waals surface area contributed by atoms with E-state index < -0.39 is 29.9 Å². The molecule has 0 saturated carbocycles. The van der Waals surface area contributed by atoms with Crippen molar-refractivity contribution in [1.29, 1.82) is 0 Å². The molecule has 0 bridgehead atoms. The predicted molar refractivity (Wildman–Crippen MR) is 94.7 cm³/mol. The average molecular weight is 357 g/mol. The number of aromatic hydroxyl groups is 1. The zero-order chi connectivity index (χ0) is 19.1. The number of phenolic OH excluding ortho intramolecular Hbond substituents is 1. The molecule has 2 atom stereocenters. The molecule has 2 rings (SSSR count). The third-order valence-electron chi connectivity index (χ3n) is 3.76. The Balaban J connectivity index is 2.17. The van der Waals surface area contributed by atoms with Crippen molar-refractivity contribution in [1.82, 2.24) is 10.6 Å². The molecular weight excluding hydrogens is 337 g/mol. The summed E-state index contributed by atoms with van der Waals surface area (Å²) in [5, 5.41) is 23.3. The van der Waals surface area contributed by atoms with Crippen LogP contribution in [0.1, 0.15) is 22.8 Å². The average Bonchev–Trinajstić information content (AvgIpc) is 2.63. The maximum atomic E-state index is 12.5. The van der Waals surface area contributed by atoms with Crippen molar-refractivity contribution in [2.75, 3.05) is 0 Å². The third kappa shape index (κ3) is 5.34. The monoisotopic (exact) mass is 357 g/mol. The van der Waals surface area contributed by atoms with Crippen LogP contribution in [0.25, 0.3) is 0 Å². The van der Waals surface area contributed by atoms with E-state index in [2.05, 4.69) is 10.6 Å². The maximum absolute atomic E-state index is 12.5. The summed E-state index contributed by atoms with van der Waals surface area (Å²) in [6.07, 6.45) is 0.150. The van der Waals surface area contributed by atoms with Crippen LogP contribution in [0.4, 0.5) is 0 Å². The van der Waals surface area contributed by atoms with Crippen LogP contribution < -0.4 is 10.6 Å². The van der Waals surface area contributed by atoms with Gasteiger partial charge in [0, 0.05) is 12.0 Å². The minimum Gasteiger partial charge on any atom is -0.508 e. The van der Waals surface area contributed by atoms with Crippen LogP contribution in [0.2, 0.25) is 0 Å². The number of hydrogen-bond donors (Lipinski definition) is 4. The smallest absolute Gasteiger partial charge is 0.325 e. The van der Waals surface area contributed by atoms with Crippen molar-refractivity contribution >= 4 is 17.8 Å². The second-order valence-corrected chi connectivity index (χ2v) is 5.83. The second-order valence-electron chi connectivity index (χ2n) is 5.83. The molecule has 0 unspecified atom stereocenters. The SMILES string of the molecule is C[C@H](N[13C](=O)[C@H](Cc1ccc(O)cc1)NC(=O)c1ccccc1)C(=O)O. The lowest BCUT2D eigenvalue weighted by atomic mass is 10.1. The highest BCUT2D eigenvalue weighted by atomic mass is 16.4. The largest absolute Gasteiger partial charge is 0.508 e. The summed E-state index contributed by atoms with van der Waals surface area (Å²) in [6.45, 7) is 1.34. The maximum Gasteiger partial charge on any atom is 0.325 e. The summed E-state index contributed by atoms with van der Waals surface area (Å²) in [7, 11) is 0. The van der Waals surface area contributed by atoms with E-state index in [1.807, 2.05) is 0 Å². The number of carbonyl (C=O) groups excluding carboxylic acids is 2. The van der Waals surface area contributed by atoms with Gasteiger partial charge in [0.15, 0.2) is 0 Å². The normalized spacial score (nSPS) is 12.7. The van der Waals surface area contributed by atoms with Crippen molar-refractivity contribution < 1.29 is 24.6 Å². The molecule has 26 heavy (non-hydrogen) atoms. The van der Waals surface area contributed by atoms with E-state index in [0.717, 1.165) is 0 Å². The molecular formula is C19H20N2O5. The number of benzene rings is 2. The standard InChI is InChI=1S/C19H20N2O5/c1-12(19(25)26)20-18(24)16(11-13-7-9-15(22)10-8-13)21-17(23)14-5-3-2-4-6-14/h2-10,12,16,22H,11H2,1H3,(H,20,24)(H,21,23)(H,25,26)/t12-,16-/m0/s1/i18+1. The highest BCUT2D eigenvalue weighted by Gasteiger charge is 2.25. The van der Waals surface area contributed by atoms with Gasteiger partial charge in [-0.2, -0.15) is 0 Å². The number of aliphatic carboxylic acids is 1. The number of carbonyl (C=O) groups is 3. The number of hydrogen-bond acceptors (Lipinski definition) is 4. The molecule has 136 valence electrons. The van der Waals surface area contributed by atoms with Gasteiger partial charge in [-0.15, -0.1) is 0 Å². The Morgan fingerprint density at radius 3 is 2.15 bits per heavy atom. The quantitative estimate of drug-likeness (QED) is 0.558. The summed E-state index contributed by atoms with van der Waals surface area (Å²) >= 11 is 0. The Morgan fingerprint density at radius 2 is 1.58 bits per heavy atom. The Hall–Kier alpha value is -3.35.